The summed E-state index contributed by atoms with van der Waals surface area (Å²) in [6.45, 7) is 2.34. The van der Waals surface area contributed by atoms with E-state index in [2.05, 4.69) is 15.3 Å². The number of fused-ring (bicyclic) bond motifs is 1. The molecule has 0 radical (unpaired) electrons. The minimum Gasteiger partial charge on any atom is -0.497 e. The van der Waals surface area contributed by atoms with Gasteiger partial charge in [0.1, 0.15) is 5.75 Å². The van der Waals surface area contributed by atoms with E-state index >= 15 is 0 Å². The Morgan fingerprint density at radius 3 is 2.96 bits per heavy atom. The number of rotatable bonds is 6. The normalized spacial score (nSPS) is 12.1. The molecule has 1 atom stereocenters. The highest BCUT2D eigenvalue weighted by molar-refractivity contribution is 8.00. The van der Waals surface area contributed by atoms with Gasteiger partial charge in [-0.3, -0.25) is 4.79 Å². The highest BCUT2D eigenvalue weighted by Crippen LogP contribution is 2.22. The maximum absolute atomic E-state index is 12.2. The van der Waals surface area contributed by atoms with Crippen LogP contribution in [0.1, 0.15) is 12.6 Å². The first-order valence-corrected chi connectivity index (χ1v) is 8.54. The zero-order chi connectivity index (χ0) is 16.9. The fourth-order valence-electron chi connectivity index (χ4n) is 2.37. The molecular formula is C18H19N3O2S. The smallest absolute Gasteiger partial charge is 0.233 e. The lowest BCUT2D eigenvalue weighted by molar-refractivity contribution is -0.120. The van der Waals surface area contributed by atoms with Crippen LogP contribution in [-0.2, 0) is 11.3 Å². The third kappa shape index (κ3) is 3.89. The first-order chi connectivity index (χ1) is 11.7. The van der Waals surface area contributed by atoms with Gasteiger partial charge in [0.15, 0.2) is 0 Å². The summed E-state index contributed by atoms with van der Waals surface area (Å²) in [6, 6.07) is 13.6. The number of benzene rings is 1. The average Bonchev–Trinajstić information content (AvgIpc) is 3.02. The fourth-order valence-corrected chi connectivity index (χ4v) is 3.20. The molecule has 2 aromatic heterocycles. The molecule has 24 heavy (non-hydrogen) atoms. The van der Waals surface area contributed by atoms with Crippen molar-refractivity contribution < 1.29 is 9.53 Å². The summed E-state index contributed by atoms with van der Waals surface area (Å²) < 4.78 is 5.23. The quantitative estimate of drug-likeness (QED) is 0.675. The summed E-state index contributed by atoms with van der Waals surface area (Å²) >= 11 is 1.45. The molecule has 3 aromatic rings. The zero-order valence-corrected chi connectivity index (χ0v) is 14.4. The van der Waals surface area contributed by atoms with Gasteiger partial charge in [0.05, 0.1) is 23.9 Å². The van der Waals surface area contributed by atoms with E-state index in [1.165, 1.54) is 11.8 Å². The lowest BCUT2D eigenvalue weighted by atomic mass is 10.2. The molecule has 0 aliphatic carbocycles. The maximum Gasteiger partial charge on any atom is 0.233 e. The van der Waals surface area contributed by atoms with Gasteiger partial charge in [0, 0.05) is 22.8 Å². The Balaban J connectivity index is 1.59. The summed E-state index contributed by atoms with van der Waals surface area (Å²) in [5.41, 5.74) is 1.98. The summed E-state index contributed by atoms with van der Waals surface area (Å²) in [6.07, 6.45) is 1.73. The van der Waals surface area contributed by atoms with E-state index in [9.17, 15) is 4.79 Å². The molecule has 3 rings (SSSR count). The van der Waals surface area contributed by atoms with Crippen LogP contribution in [0.3, 0.4) is 0 Å². The van der Waals surface area contributed by atoms with Gasteiger partial charge in [0.2, 0.25) is 5.91 Å². The third-order valence-electron chi connectivity index (χ3n) is 3.64. The predicted octanol–water partition coefficient (Wildman–Crippen LogP) is 3.37. The first kappa shape index (κ1) is 16.4. The summed E-state index contributed by atoms with van der Waals surface area (Å²) in [7, 11) is 1.65. The number of H-pyrrole nitrogens is 1. The Morgan fingerprint density at radius 2 is 2.21 bits per heavy atom. The topological polar surface area (TPSA) is 67.0 Å². The first-order valence-electron chi connectivity index (χ1n) is 7.67. The number of methoxy groups -OCH3 is 1. The molecule has 6 heteroatoms. The summed E-state index contributed by atoms with van der Waals surface area (Å²) in [5, 5.41) is 4.66. The van der Waals surface area contributed by atoms with Crippen LogP contribution in [0.15, 0.2) is 53.7 Å². The minimum atomic E-state index is -0.204. The van der Waals surface area contributed by atoms with Gasteiger partial charge in [-0.2, -0.15) is 0 Å². The Morgan fingerprint density at radius 1 is 1.33 bits per heavy atom. The molecule has 124 valence electrons. The SMILES string of the molecule is COc1ccc2[nH]c(CNC(=O)[C@@H](C)Sc3ccccn3)cc2c1. The Labute approximate surface area is 144 Å². The molecule has 2 heterocycles. The molecule has 1 aromatic carbocycles. The number of carbonyl (C=O) groups excluding carboxylic acids is 1. The molecule has 0 fully saturated rings. The molecule has 0 unspecified atom stereocenters. The van der Waals surface area contributed by atoms with Crippen molar-refractivity contribution in [2.45, 2.75) is 23.7 Å². The maximum atomic E-state index is 12.2. The molecule has 0 saturated heterocycles. The highest BCUT2D eigenvalue weighted by Gasteiger charge is 2.15. The standard InChI is InChI=1S/C18H19N3O2S/c1-12(24-17-5-3-4-8-19-17)18(22)20-11-14-9-13-10-15(23-2)6-7-16(13)21-14/h3-10,12,21H,11H2,1-2H3,(H,20,22)/t12-/m1/s1. The number of pyridine rings is 1. The van der Waals surface area contributed by atoms with Crippen LogP contribution in [0.5, 0.6) is 5.75 Å². The molecule has 1 amide bonds. The Kier molecular flexibility index (Phi) is 5.05. The Bertz CT molecular complexity index is 833. The van der Waals surface area contributed by atoms with Crippen molar-refractivity contribution in [1.82, 2.24) is 15.3 Å². The van der Waals surface area contributed by atoms with Crippen molar-refractivity contribution in [1.29, 1.82) is 0 Å². The largest absolute Gasteiger partial charge is 0.497 e. The number of carbonyl (C=O) groups is 1. The van der Waals surface area contributed by atoms with Gasteiger partial charge in [-0.1, -0.05) is 17.8 Å². The highest BCUT2D eigenvalue weighted by atomic mass is 32.2. The van der Waals surface area contributed by atoms with Crippen LogP contribution in [0.2, 0.25) is 0 Å². The fraction of sp³-hybridized carbons (Fsp3) is 0.222. The van der Waals surface area contributed by atoms with Gasteiger partial charge in [-0.15, -0.1) is 0 Å². The second-order valence-electron chi connectivity index (χ2n) is 5.39. The lowest BCUT2D eigenvalue weighted by Crippen LogP contribution is -2.30. The van der Waals surface area contributed by atoms with Crippen LogP contribution in [0.25, 0.3) is 10.9 Å². The molecule has 0 aliphatic rings. The van der Waals surface area contributed by atoms with E-state index in [0.717, 1.165) is 27.4 Å². The second kappa shape index (κ2) is 7.40. The molecule has 0 saturated carbocycles. The van der Waals surface area contributed by atoms with Crippen molar-refractivity contribution in [2.24, 2.45) is 0 Å². The van der Waals surface area contributed by atoms with Crippen LogP contribution in [-0.4, -0.2) is 28.2 Å². The number of amides is 1. The number of ether oxygens (including phenoxy) is 1. The van der Waals surface area contributed by atoms with Gasteiger partial charge < -0.3 is 15.0 Å². The number of hydrogen-bond donors (Lipinski definition) is 2. The number of aromatic amines is 1. The number of hydrogen-bond acceptors (Lipinski definition) is 4. The Hall–Kier alpha value is -2.47. The van der Waals surface area contributed by atoms with Crippen LogP contribution in [0.4, 0.5) is 0 Å². The molecule has 0 aliphatic heterocycles. The van der Waals surface area contributed by atoms with E-state index in [-0.39, 0.29) is 11.2 Å². The molecule has 5 nitrogen and oxygen atoms in total. The number of nitrogens with zero attached hydrogens (tertiary/aromatic N) is 1. The van der Waals surface area contributed by atoms with Crippen LogP contribution in [0, 0.1) is 0 Å². The predicted molar refractivity (Wildman–Crippen MR) is 96.3 cm³/mol. The monoisotopic (exact) mass is 341 g/mol. The molecule has 0 spiro atoms. The summed E-state index contributed by atoms with van der Waals surface area (Å²) in [5.74, 6) is 0.805. The molecule has 0 bridgehead atoms. The lowest BCUT2D eigenvalue weighted by Gasteiger charge is -2.10. The third-order valence-corrected chi connectivity index (χ3v) is 4.69. The van der Waals surface area contributed by atoms with Crippen molar-refractivity contribution in [3.05, 3.63) is 54.4 Å². The van der Waals surface area contributed by atoms with Crippen LogP contribution < -0.4 is 10.1 Å². The summed E-state index contributed by atoms with van der Waals surface area (Å²) in [4.78, 5) is 19.8. The number of aromatic nitrogens is 2. The molecular weight excluding hydrogens is 322 g/mol. The number of thioether (sulfide) groups is 1. The van der Waals surface area contributed by atoms with Crippen LogP contribution >= 0.6 is 11.8 Å². The van der Waals surface area contributed by atoms with E-state index in [1.54, 1.807) is 13.3 Å². The van der Waals surface area contributed by atoms with Gasteiger partial charge in [-0.05, 0) is 43.3 Å². The average molecular weight is 341 g/mol. The zero-order valence-electron chi connectivity index (χ0n) is 13.6. The van der Waals surface area contributed by atoms with Gasteiger partial charge >= 0.3 is 0 Å². The minimum absolute atomic E-state index is 0.0121. The van der Waals surface area contributed by atoms with Crippen molar-refractivity contribution in [2.75, 3.05) is 7.11 Å². The number of nitrogens with one attached hydrogen (secondary N) is 2. The van der Waals surface area contributed by atoms with E-state index in [0.29, 0.717) is 6.54 Å². The second-order valence-corrected chi connectivity index (χ2v) is 6.75. The van der Waals surface area contributed by atoms with Crippen molar-refractivity contribution in [3.63, 3.8) is 0 Å². The van der Waals surface area contributed by atoms with Crippen molar-refractivity contribution in [3.8, 4) is 5.75 Å². The van der Waals surface area contributed by atoms with Crippen molar-refractivity contribution >= 4 is 28.6 Å². The van der Waals surface area contributed by atoms with Gasteiger partial charge in [-0.25, -0.2) is 4.98 Å². The van der Waals surface area contributed by atoms with E-state index in [1.807, 2.05) is 49.4 Å². The van der Waals surface area contributed by atoms with Gasteiger partial charge in [0.25, 0.3) is 0 Å². The van der Waals surface area contributed by atoms with E-state index < -0.39 is 0 Å². The molecule has 2 N–H and O–H groups in total. The van der Waals surface area contributed by atoms with E-state index in [4.69, 9.17) is 4.74 Å².